The van der Waals surface area contributed by atoms with Crippen LogP contribution in [0.2, 0.25) is 10.0 Å². The molecule has 30 heavy (non-hydrogen) atoms. The van der Waals surface area contributed by atoms with Crippen molar-refractivity contribution in [3.63, 3.8) is 0 Å². The molecule has 0 aromatic heterocycles. The maximum absolute atomic E-state index is 13.3. The first-order chi connectivity index (χ1) is 14.4. The van der Waals surface area contributed by atoms with Crippen molar-refractivity contribution >= 4 is 52.6 Å². The summed E-state index contributed by atoms with van der Waals surface area (Å²) in [6, 6.07) is 6.23. The van der Waals surface area contributed by atoms with E-state index in [1.165, 1.54) is 38.8 Å². The van der Waals surface area contributed by atoms with Gasteiger partial charge in [-0.05, 0) is 74.4 Å². The zero-order valence-corrected chi connectivity index (χ0v) is 21.5. The third-order valence-corrected chi connectivity index (χ3v) is 10.3. The second-order valence-electron chi connectivity index (χ2n) is 8.33. The molecule has 1 amide bonds. The van der Waals surface area contributed by atoms with E-state index in [1.807, 2.05) is 24.1 Å². The molecule has 2 unspecified atom stereocenters. The molecule has 0 N–H and O–H groups in total. The van der Waals surface area contributed by atoms with Crippen molar-refractivity contribution in [2.45, 2.75) is 68.5 Å². The number of likely N-dealkylation sites (N-methyl/N-ethyl adjacent to an activating group) is 1. The molecular weight excluding hydrogens is 455 g/mol. The van der Waals surface area contributed by atoms with E-state index in [0.29, 0.717) is 22.5 Å². The minimum atomic E-state index is 0.168. The summed E-state index contributed by atoms with van der Waals surface area (Å²) in [5.74, 6) is 2.41. The molecule has 7 heteroatoms. The Morgan fingerprint density at radius 1 is 1.17 bits per heavy atom. The number of nitrogens with zero attached hydrogens (tertiary/aromatic N) is 2. The van der Waals surface area contributed by atoms with Crippen molar-refractivity contribution in [3.05, 3.63) is 33.8 Å². The first-order valence-corrected chi connectivity index (χ1v) is 13.8. The van der Waals surface area contributed by atoms with Crippen LogP contribution in [0.4, 0.5) is 0 Å². The summed E-state index contributed by atoms with van der Waals surface area (Å²) in [6.07, 6.45) is 6.40. The van der Waals surface area contributed by atoms with Crippen LogP contribution in [-0.4, -0.2) is 63.5 Å². The number of carbonyl (C=O) groups is 1. The fourth-order valence-corrected chi connectivity index (χ4v) is 8.49. The maximum Gasteiger partial charge on any atom is 0.227 e. The summed E-state index contributed by atoms with van der Waals surface area (Å²) in [7, 11) is 2.01. The molecule has 2 aliphatic rings. The molecule has 2 atom stereocenters. The smallest absolute Gasteiger partial charge is 0.227 e. The molecule has 3 rings (SSSR count). The summed E-state index contributed by atoms with van der Waals surface area (Å²) in [5.41, 5.74) is 0.923. The fraction of sp³-hybridized carbons (Fsp3) is 0.696. The Hall–Kier alpha value is -0.0700. The molecule has 1 heterocycles. The van der Waals surface area contributed by atoms with E-state index >= 15 is 0 Å². The van der Waals surface area contributed by atoms with Gasteiger partial charge in [-0.1, -0.05) is 43.1 Å². The van der Waals surface area contributed by atoms with E-state index in [1.54, 1.807) is 6.07 Å². The van der Waals surface area contributed by atoms with Crippen LogP contribution in [0.15, 0.2) is 18.2 Å². The Morgan fingerprint density at radius 3 is 2.43 bits per heavy atom. The molecule has 168 valence electrons. The maximum atomic E-state index is 13.3. The largest absolute Gasteiger partial charge is 0.341 e. The number of carbonyl (C=O) groups excluding carboxylic acids is 1. The Balaban J connectivity index is 1.79. The van der Waals surface area contributed by atoms with E-state index in [4.69, 9.17) is 23.2 Å². The Kier molecular flexibility index (Phi) is 9.16. The van der Waals surface area contributed by atoms with Crippen molar-refractivity contribution in [2.75, 3.05) is 31.6 Å². The first kappa shape index (κ1) is 24.6. The summed E-state index contributed by atoms with van der Waals surface area (Å²) in [5, 5.41) is 1.04. The van der Waals surface area contributed by atoms with Gasteiger partial charge in [-0.25, -0.2) is 0 Å². The van der Waals surface area contributed by atoms with Gasteiger partial charge in [-0.15, -0.1) is 23.5 Å². The number of halogens is 2. The van der Waals surface area contributed by atoms with Gasteiger partial charge in [-0.3, -0.25) is 9.69 Å². The van der Waals surface area contributed by atoms with Crippen molar-refractivity contribution in [1.82, 2.24) is 9.80 Å². The highest BCUT2D eigenvalue weighted by molar-refractivity contribution is 8.18. The normalized spacial score (nSPS) is 24.2. The van der Waals surface area contributed by atoms with Crippen molar-refractivity contribution in [1.29, 1.82) is 0 Å². The highest BCUT2D eigenvalue weighted by atomic mass is 35.5. The molecule has 0 bridgehead atoms. The fourth-order valence-electron chi connectivity index (χ4n) is 4.97. The highest BCUT2D eigenvalue weighted by Crippen LogP contribution is 2.50. The molecule has 3 nitrogen and oxygen atoms in total. The first-order valence-electron chi connectivity index (χ1n) is 11.1. The van der Waals surface area contributed by atoms with Crippen LogP contribution in [0.3, 0.4) is 0 Å². The van der Waals surface area contributed by atoms with Crippen LogP contribution in [0.25, 0.3) is 0 Å². The average molecular weight is 490 g/mol. The van der Waals surface area contributed by atoms with Crippen LogP contribution in [0.5, 0.6) is 0 Å². The molecule has 1 aliphatic heterocycles. The number of benzene rings is 1. The van der Waals surface area contributed by atoms with Gasteiger partial charge < -0.3 is 4.90 Å². The van der Waals surface area contributed by atoms with Gasteiger partial charge >= 0.3 is 0 Å². The Bertz CT molecular complexity index is 721. The molecule has 0 radical (unpaired) electrons. The van der Waals surface area contributed by atoms with Crippen LogP contribution in [0.1, 0.15) is 51.5 Å². The van der Waals surface area contributed by atoms with E-state index in [9.17, 15) is 4.79 Å². The van der Waals surface area contributed by atoms with Crippen LogP contribution < -0.4 is 0 Å². The molecule has 0 spiro atoms. The van der Waals surface area contributed by atoms with Crippen LogP contribution in [-0.2, 0) is 11.2 Å². The second kappa shape index (κ2) is 11.2. The minimum absolute atomic E-state index is 0.168. The number of rotatable bonds is 8. The van der Waals surface area contributed by atoms with Crippen molar-refractivity contribution in [2.24, 2.45) is 0 Å². The summed E-state index contributed by atoms with van der Waals surface area (Å²) in [6.45, 7) is 6.85. The quantitative estimate of drug-likeness (QED) is 0.405. The molecule has 1 aromatic carbocycles. The number of hydrogen-bond donors (Lipinski definition) is 0. The molecule has 1 saturated carbocycles. The minimum Gasteiger partial charge on any atom is -0.341 e. The lowest BCUT2D eigenvalue weighted by Gasteiger charge is -2.49. The lowest BCUT2D eigenvalue weighted by atomic mass is 9.87. The topological polar surface area (TPSA) is 23.6 Å². The third-order valence-electron chi connectivity index (χ3n) is 6.44. The highest BCUT2D eigenvalue weighted by Gasteiger charge is 2.45. The molecule has 1 aliphatic carbocycles. The zero-order valence-electron chi connectivity index (χ0n) is 18.3. The Morgan fingerprint density at radius 2 is 1.83 bits per heavy atom. The van der Waals surface area contributed by atoms with Crippen molar-refractivity contribution < 1.29 is 4.79 Å². The standard InChI is InChI=1S/C23H34Cl2N2OS2/c1-4-29-23(30-5-2)11-10-20(27-12-6-7-13-27)21(16-23)26(3)22(28)15-17-8-9-18(24)19(25)14-17/h8-9,14,20-21H,4-7,10-13,15-16H2,1-3H3. The SMILES string of the molecule is CCSC1(SCC)CCC(N2CCCC2)C(N(C)C(=O)Cc2ccc(Cl)c(Cl)c2)C1. The van der Waals surface area contributed by atoms with Gasteiger partial charge in [0.15, 0.2) is 0 Å². The summed E-state index contributed by atoms with van der Waals surface area (Å²) >= 11 is 16.4. The van der Waals surface area contributed by atoms with Gasteiger partial charge in [0.25, 0.3) is 0 Å². The Labute approximate surface area is 200 Å². The number of likely N-dealkylation sites (tertiary alicyclic amines) is 1. The van der Waals surface area contributed by atoms with E-state index in [2.05, 4.69) is 42.3 Å². The second-order valence-corrected chi connectivity index (χ2v) is 12.7. The lowest BCUT2D eigenvalue weighted by molar-refractivity contribution is -0.133. The molecule has 1 aromatic rings. The van der Waals surface area contributed by atoms with E-state index in [-0.39, 0.29) is 16.0 Å². The number of hydrogen-bond acceptors (Lipinski definition) is 4. The van der Waals surface area contributed by atoms with Gasteiger partial charge in [-0.2, -0.15) is 0 Å². The van der Waals surface area contributed by atoms with Gasteiger partial charge in [0.2, 0.25) is 5.91 Å². The van der Waals surface area contributed by atoms with E-state index in [0.717, 1.165) is 23.5 Å². The predicted octanol–water partition coefficient (Wildman–Crippen LogP) is 6.21. The van der Waals surface area contributed by atoms with Gasteiger partial charge in [0.1, 0.15) is 0 Å². The van der Waals surface area contributed by atoms with Crippen LogP contribution in [0, 0.1) is 0 Å². The number of thioether (sulfide) groups is 2. The monoisotopic (exact) mass is 488 g/mol. The van der Waals surface area contributed by atoms with E-state index < -0.39 is 0 Å². The van der Waals surface area contributed by atoms with Crippen molar-refractivity contribution in [3.8, 4) is 0 Å². The summed E-state index contributed by atoms with van der Waals surface area (Å²) in [4.78, 5) is 18.0. The zero-order chi connectivity index (χ0) is 21.7. The molecule has 1 saturated heterocycles. The third kappa shape index (κ3) is 5.83. The van der Waals surface area contributed by atoms with Gasteiger partial charge in [0.05, 0.1) is 20.5 Å². The summed E-state index contributed by atoms with van der Waals surface area (Å²) < 4.78 is 0.225. The molecule has 2 fully saturated rings. The molecular formula is C23H34Cl2N2OS2. The average Bonchev–Trinajstić information content (AvgIpc) is 3.25. The van der Waals surface area contributed by atoms with Crippen LogP contribution >= 0.6 is 46.7 Å². The predicted molar refractivity (Wildman–Crippen MR) is 134 cm³/mol. The number of amides is 1. The lowest BCUT2D eigenvalue weighted by Crippen LogP contribution is -2.57. The van der Waals surface area contributed by atoms with Gasteiger partial charge in [0, 0.05) is 19.1 Å².